The highest BCUT2D eigenvalue weighted by molar-refractivity contribution is 4.91. The Hall–Kier alpha value is -0.120. The molecule has 0 spiro atoms. The second kappa shape index (κ2) is 7.24. The number of hydrogen-bond donors (Lipinski definition) is 2. The fourth-order valence-corrected chi connectivity index (χ4v) is 4.40. The van der Waals surface area contributed by atoms with Crippen LogP contribution >= 0.6 is 0 Å². The van der Waals surface area contributed by atoms with Gasteiger partial charge in [0.2, 0.25) is 0 Å². The molecule has 1 heterocycles. The fraction of sp³-hybridized carbons (Fsp3) is 1.00. The summed E-state index contributed by atoms with van der Waals surface area (Å²) in [6.07, 6.45) is 5.29. The maximum atomic E-state index is 9.64. The van der Waals surface area contributed by atoms with Crippen LogP contribution in [0.5, 0.6) is 0 Å². The Bertz CT molecular complexity index is 295. The van der Waals surface area contributed by atoms with Gasteiger partial charge in [-0.2, -0.15) is 0 Å². The molecule has 2 aliphatic rings. The first-order chi connectivity index (χ1) is 9.56. The normalized spacial score (nSPS) is 39.6. The summed E-state index contributed by atoms with van der Waals surface area (Å²) in [6.45, 7) is 9.70. The van der Waals surface area contributed by atoms with E-state index in [1.165, 1.54) is 38.8 Å². The van der Waals surface area contributed by atoms with Crippen LogP contribution in [0.2, 0.25) is 0 Å². The standard InChI is InChI=1S/C17H34N2O/c1-12(2)14-5-6-16(18-4)15(9-14)10-19-8-7-13(3)17(19)11-20/h12-18,20H,5-11H2,1-4H3. The lowest BCUT2D eigenvalue weighted by Gasteiger charge is -2.40. The molecule has 1 saturated heterocycles. The maximum absolute atomic E-state index is 9.64. The zero-order valence-electron chi connectivity index (χ0n) is 13.8. The van der Waals surface area contributed by atoms with Crippen molar-refractivity contribution in [3.05, 3.63) is 0 Å². The minimum atomic E-state index is 0.325. The van der Waals surface area contributed by atoms with E-state index >= 15 is 0 Å². The molecule has 0 aromatic carbocycles. The number of nitrogens with one attached hydrogen (secondary N) is 1. The van der Waals surface area contributed by atoms with Gasteiger partial charge in [-0.15, -0.1) is 0 Å². The molecule has 5 atom stereocenters. The summed E-state index contributed by atoms with van der Waals surface area (Å²) >= 11 is 0. The van der Waals surface area contributed by atoms with E-state index in [0.29, 0.717) is 24.6 Å². The van der Waals surface area contributed by atoms with Crippen LogP contribution < -0.4 is 5.32 Å². The van der Waals surface area contributed by atoms with E-state index < -0.39 is 0 Å². The Morgan fingerprint density at radius 3 is 2.60 bits per heavy atom. The van der Waals surface area contributed by atoms with E-state index in [0.717, 1.165) is 17.8 Å². The summed E-state index contributed by atoms with van der Waals surface area (Å²) in [5.41, 5.74) is 0. The van der Waals surface area contributed by atoms with Gasteiger partial charge in [0.15, 0.2) is 0 Å². The molecule has 0 radical (unpaired) electrons. The number of aliphatic hydroxyl groups excluding tert-OH is 1. The third-order valence-electron chi connectivity index (χ3n) is 5.99. The van der Waals surface area contributed by atoms with E-state index in [1.807, 2.05) is 0 Å². The molecule has 118 valence electrons. The molecule has 2 fully saturated rings. The van der Waals surface area contributed by atoms with Crippen molar-refractivity contribution in [1.82, 2.24) is 10.2 Å². The molecular weight excluding hydrogens is 248 g/mol. The molecule has 2 rings (SSSR count). The van der Waals surface area contributed by atoms with Crippen molar-refractivity contribution in [3.8, 4) is 0 Å². The van der Waals surface area contributed by atoms with Crippen LogP contribution in [-0.2, 0) is 0 Å². The first-order valence-corrected chi connectivity index (χ1v) is 8.59. The van der Waals surface area contributed by atoms with Gasteiger partial charge in [-0.1, -0.05) is 20.8 Å². The van der Waals surface area contributed by atoms with Crippen LogP contribution in [0, 0.1) is 23.7 Å². The summed E-state index contributed by atoms with van der Waals surface area (Å²) in [6, 6.07) is 1.06. The fourth-order valence-electron chi connectivity index (χ4n) is 4.40. The molecular formula is C17H34N2O. The summed E-state index contributed by atoms with van der Waals surface area (Å²) in [7, 11) is 2.11. The van der Waals surface area contributed by atoms with Crippen LogP contribution in [0.1, 0.15) is 46.5 Å². The maximum Gasteiger partial charge on any atom is 0.0589 e. The third kappa shape index (κ3) is 3.55. The molecule has 3 nitrogen and oxygen atoms in total. The Kier molecular flexibility index (Phi) is 5.88. The molecule has 0 aromatic rings. The van der Waals surface area contributed by atoms with Crippen molar-refractivity contribution >= 4 is 0 Å². The van der Waals surface area contributed by atoms with Crippen LogP contribution in [0.15, 0.2) is 0 Å². The van der Waals surface area contributed by atoms with Gasteiger partial charge in [0, 0.05) is 18.6 Å². The number of likely N-dealkylation sites (tertiary alicyclic amines) is 1. The minimum absolute atomic E-state index is 0.325. The summed E-state index contributed by atoms with van der Waals surface area (Å²) in [5.74, 6) is 3.09. The molecule has 2 N–H and O–H groups in total. The summed E-state index contributed by atoms with van der Waals surface area (Å²) in [5, 5.41) is 13.2. The lowest BCUT2D eigenvalue weighted by atomic mass is 9.73. The van der Waals surface area contributed by atoms with Gasteiger partial charge in [-0.25, -0.2) is 0 Å². The molecule has 3 heteroatoms. The van der Waals surface area contributed by atoms with Crippen molar-refractivity contribution in [1.29, 1.82) is 0 Å². The number of rotatable bonds is 5. The average molecular weight is 282 g/mol. The van der Waals surface area contributed by atoms with Crippen molar-refractivity contribution in [2.75, 3.05) is 26.7 Å². The Labute approximate surface area is 125 Å². The molecule has 0 bridgehead atoms. The molecule has 0 aromatic heterocycles. The van der Waals surface area contributed by atoms with Crippen LogP contribution in [0.3, 0.4) is 0 Å². The summed E-state index contributed by atoms with van der Waals surface area (Å²) in [4.78, 5) is 2.56. The van der Waals surface area contributed by atoms with Gasteiger partial charge >= 0.3 is 0 Å². The number of aliphatic hydroxyl groups is 1. The monoisotopic (exact) mass is 282 g/mol. The summed E-state index contributed by atoms with van der Waals surface area (Å²) < 4.78 is 0. The second-order valence-electron chi connectivity index (χ2n) is 7.48. The van der Waals surface area contributed by atoms with Gasteiger partial charge in [-0.05, 0) is 62.9 Å². The first kappa shape index (κ1) is 16.3. The van der Waals surface area contributed by atoms with E-state index in [-0.39, 0.29) is 0 Å². The topological polar surface area (TPSA) is 35.5 Å². The molecule has 0 amide bonds. The molecule has 1 saturated carbocycles. The lowest BCUT2D eigenvalue weighted by molar-refractivity contribution is 0.0872. The third-order valence-corrected chi connectivity index (χ3v) is 5.99. The van der Waals surface area contributed by atoms with E-state index in [1.54, 1.807) is 0 Å². The highest BCUT2D eigenvalue weighted by Crippen LogP contribution is 2.36. The minimum Gasteiger partial charge on any atom is -0.395 e. The smallest absolute Gasteiger partial charge is 0.0589 e. The van der Waals surface area contributed by atoms with Crippen LogP contribution in [-0.4, -0.2) is 48.8 Å². The van der Waals surface area contributed by atoms with Gasteiger partial charge in [-0.3, -0.25) is 4.90 Å². The predicted octanol–water partition coefficient (Wildman–Crippen LogP) is 2.35. The van der Waals surface area contributed by atoms with Gasteiger partial charge < -0.3 is 10.4 Å². The zero-order chi connectivity index (χ0) is 14.7. The molecule has 1 aliphatic carbocycles. The molecule has 20 heavy (non-hydrogen) atoms. The highest BCUT2D eigenvalue weighted by atomic mass is 16.3. The van der Waals surface area contributed by atoms with Gasteiger partial charge in [0.25, 0.3) is 0 Å². The number of nitrogens with zero attached hydrogens (tertiary/aromatic N) is 1. The van der Waals surface area contributed by atoms with E-state index in [9.17, 15) is 5.11 Å². The largest absolute Gasteiger partial charge is 0.395 e. The Morgan fingerprint density at radius 2 is 2.00 bits per heavy atom. The number of hydrogen-bond acceptors (Lipinski definition) is 3. The van der Waals surface area contributed by atoms with Gasteiger partial charge in [0.1, 0.15) is 0 Å². The SMILES string of the molecule is CNC1CCC(C(C)C)CC1CN1CCC(C)C1CO. The van der Waals surface area contributed by atoms with Gasteiger partial charge in [0.05, 0.1) is 6.61 Å². The highest BCUT2D eigenvalue weighted by Gasteiger charge is 2.36. The predicted molar refractivity (Wildman–Crippen MR) is 84.7 cm³/mol. The molecule has 5 unspecified atom stereocenters. The lowest BCUT2D eigenvalue weighted by Crippen LogP contribution is -2.47. The van der Waals surface area contributed by atoms with Crippen molar-refractivity contribution in [2.45, 2.75) is 58.5 Å². The molecule has 1 aliphatic heterocycles. The second-order valence-corrected chi connectivity index (χ2v) is 7.48. The van der Waals surface area contributed by atoms with Crippen molar-refractivity contribution in [3.63, 3.8) is 0 Å². The van der Waals surface area contributed by atoms with Crippen LogP contribution in [0.25, 0.3) is 0 Å². The average Bonchev–Trinajstić information content (AvgIpc) is 2.78. The zero-order valence-corrected chi connectivity index (χ0v) is 13.8. The van der Waals surface area contributed by atoms with E-state index in [4.69, 9.17) is 0 Å². The Balaban J connectivity index is 1.97. The van der Waals surface area contributed by atoms with Crippen molar-refractivity contribution < 1.29 is 5.11 Å². The van der Waals surface area contributed by atoms with Crippen LogP contribution in [0.4, 0.5) is 0 Å². The van der Waals surface area contributed by atoms with E-state index in [2.05, 4.69) is 38.0 Å². The Morgan fingerprint density at radius 1 is 1.25 bits per heavy atom. The van der Waals surface area contributed by atoms with Crippen molar-refractivity contribution in [2.24, 2.45) is 23.7 Å². The quantitative estimate of drug-likeness (QED) is 0.812. The first-order valence-electron chi connectivity index (χ1n) is 8.59.